The van der Waals surface area contributed by atoms with E-state index >= 15 is 0 Å². The highest BCUT2D eigenvalue weighted by Crippen LogP contribution is 2.19. The second-order valence-electron chi connectivity index (χ2n) is 5.26. The number of rotatable bonds is 5. The van der Waals surface area contributed by atoms with Gasteiger partial charge in [-0.05, 0) is 25.1 Å². The molecule has 3 aromatic rings. The molecule has 0 saturated carbocycles. The summed E-state index contributed by atoms with van der Waals surface area (Å²) in [6, 6.07) is 13.3. The van der Waals surface area contributed by atoms with Gasteiger partial charge in [0.05, 0.1) is 11.9 Å². The van der Waals surface area contributed by atoms with Crippen LogP contribution in [0.2, 0.25) is 0 Å². The van der Waals surface area contributed by atoms with Gasteiger partial charge in [-0.3, -0.25) is 9.48 Å². The summed E-state index contributed by atoms with van der Waals surface area (Å²) in [4.78, 5) is 12.3. The number of aryl methyl sites for hydroxylation is 2. The van der Waals surface area contributed by atoms with Crippen molar-refractivity contribution < 1.29 is 4.79 Å². The zero-order valence-corrected chi connectivity index (χ0v) is 13.2. The summed E-state index contributed by atoms with van der Waals surface area (Å²) in [5, 5.41) is 20.4. The maximum atomic E-state index is 12.3. The number of para-hydroxylation sites is 1. The first-order chi connectivity index (χ1) is 11.7. The van der Waals surface area contributed by atoms with Crippen molar-refractivity contribution in [2.75, 3.05) is 5.32 Å². The van der Waals surface area contributed by atoms with Gasteiger partial charge in [0, 0.05) is 24.9 Å². The van der Waals surface area contributed by atoms with E-state index < -0.39 is 0 Å². The van der Waals surface area contributed by atoms with Gasteiger partial charge in [-0.25, -0.2) is 4.68 Å². The van der Waals surface area contributed by atoms with Crippen LogP contribution < -0.4 is 5.32 Å². The number of nitriles is 1. The largest absolute Gasteiger partial charge is 0.309 e. The lowest BCUT2D eigenvalue weighted by atomic mass is 10.3. The summed E-state index contributed by atoms with van der Waals surface area (Å²) in [5.41, 5.74) is 2.09. The highest BCUT2D eigenvalue weighted by atomic mass is 16.1. The molecular weight excluding hydrogens is 304 g/mol. The standard InChI is InChI=1S/C17H16N6O/c1-13-7-9-19-22(13)10-8-16(24)21-17-14(11-18)12-20-23(17)15-5-3-2-4-6-15/h2-7,9,12H,8,10H2,1H3,(H,21,24). The number of carbonyl (C=O) groups excluding carboxylic acids is 1. The molecule has 120 valence electrons. The number of carbonyl (C=O) groups is 1. The lowest BCUT2D eigenvalue weighted by Crippen LogP contribution is -2.18. The Hall–Kier alpha value is -3.40. The Balaban J connectivity index is 1.77. The van der Waals surface area contributed by atoms with Crippen LogP contribution in [0.25, 0.3) is 5.69 Å². The second kappa shape index (κ2) is 6.79. The lowest BCUT2D eigenvalue weighted by molar-refractivity contribution is -0.116. The van der Waals surface area contributed by atoms with Crippen molar-refractivity contribution in [1.29, 1.82) is 5.26 Å². The van der Waals surface area contributed by atoms with Crippen LogP contribution >= 0.6 is 0 Å². The van der Waals surface area contributed by atoms with Crippen molar-refractivity contribution in [1.82, 2.24) is 19.6 Å². The van der Waals surface area contributed by atoms with E-state index in [1.165, 1.54) is 6.20 Å². The van der Waals surface area contributed by atoms with Crippen molar-refractivity contribution in [3.63, 3.8) is 0 Å². The topological polar surface area (TPSA) is 88.5 Å². The number of anilines is 1. The number of benzene rings is 1. The maximum absolute atomic E-state index is 12.3. The van der Waals surface area contributed by atoms with Gasteiger partial charge in [-0.2, -0.15) is 15.5 Å². The van der Waals surface area contributed by atoms with Gasteiger partial charge < -0.3 is 5.32 Å². The third kappa shape index (κ3) is 3.17. The molecule has 2 heterocycles. The minimum Gasteiger partial charge on any atom is -0.309 e. The monoisotopic (exact) mass is 320 g/mol. The molecule has 0 aliphatic heterocycles. The normalized spacial score (nSPS) is 10.3. The Labute approximate surface area is 139 Å². The number of nitrogens with zero attached hydrogens (tertiary/aromatic N) is 5. The molecular formula is C17H16N6O. The molecule has 1 amide bonds. The summed E-state index contributed by atoms with van der Waals surface area (Å²) in [6.07, 6.45) is 3.40. The second-order valence-corrected chi connectivity index (χ2v) is 5.26. The molecule has 0 atom stereocenters. The summed E-state index contributed by atoms with van der Waals surface area (Å²) >= 11 is 0. The lowest BCUT2D eigenvalue weighted by Gasteiger charge is -2.10. The zero-order valence-electron chi connectivity index (χ0n) is 13.2. The molecule has 0 radical (unpaired) electrons. The predicted molar refractivity (Wildman–Crippen MR) is 88.5 cm³/mol. The summed E-state index contributed by atoms with van der Waals surface area (Å²) in [7, 11) is 0. The Morgan fingerprint density at radius 2 is 2.04 bits per heavy atom. The Bertz CT molecular complexity index is 887. The number of amides is 1. The fourth-order valence-electron chi connectivity index (χ4n) is 2.35. The van der Waals surface area contributed by atoms with Gasteiger partial charge in [-0.1, -0.05) is 18.2 Å². The van der Waals surface area contributed by atoms with E-state index in [1.807, 2.05) is 43.3 Å². The molecule has 0 aliphatic rings. The molecule has 3 rings (SSSR count). The van der Waals surface area contributed by atoms with Crippen LogP contribution in [0.4, 0.5) is 5.82 Å². The van der Waals surface area contributed by atoms with Gasteiger partial charge >= 0.3 is 0 Å². The first kappa shape index (κ1) is 15.5. The molecule has 7 heteroatoms. The molecule has 1 aromatic carbocycles. The molecule has 2 aromatic heterocycles. The molecule has 0 saturated heterocycles. The number of nitrogens with one attached hydrogen (secondary N) is 1. The van der Waals surface area contributed by atoms with Crippen molar-refractivity contribution >= 4 is 11.7 Å². The minimum absolute atomic E-state index is 0.195. The first-order valence-corrected chi connectivity index (χ1v) is 7.51. The van der Waals surface area contributed by atoms with Gasteiger partial charge in [-0.15, -0.1) is 0 Å². The Morgan fingerprint density at radius 1 is 1.25 bits per heavy atom. The fraction of sp³-hybridized carbons (Fsp3) is 0.176. The molecule has 0 unspecified atom stereocenters. The van der Waals surface area contributed by atoms with E-state index in [4.69, 9.17) is 0 Å². The third-order valence-corrected chi connectivity index (χ3v) is 3.63. The quantitative estimate of drug-likeness (QED) is 0.781. The zero-order chi connectivity index (χ0) is 16.9. The molecule has 0 fully saturated rings. The average molecular weight is 320 g/mol. The predicted octanol–water partition coefficient (Wildman–Crippen LogP) is 2.28. The SMILES string of the molecule is Cc1ccnn1CCC(=O)Nc1c(C#N)cnn1-c1ccccc1. The van der Waals surface area contributed by atoms with Crippen LogP contribution in [-0.2, 0) is 11.3 Å². The fourth-order valence-corrected chi connectivity index (χ4v) is 2.35. The van der Waals surface area contributed by atoms with E-state index in [1.54, 1.807) is 15.6 Å². The average Bonchev–Trinajstić information content (AvgIpc) is 3.19. The smallest absolute Gasteiger partial charge is 0.227 e. The van der Waals surface area contributed by atoms with Crippen LogP contribution in [-0.4, -0.2) is 25.5 Å². The number of hydrogen-bond acceptors (Lipinski definition) is 4. The highest BCUT2D eigenvalue weighted by Gasteiger charge is 2.15. The van der Waals surface area contributed by atoms with Gasteiger partial charge in [0.15, 0.2) is 5.82 Å². The van der Waals surface area contributed by atoms with Gasteiger partial charge in [0.2, 0.25) is 5.91 Å². The van der Waals surface area contributed by atoms with Crippen LogP contribution in [0.15, 0.2) is 48.8 Å². The van der Waals surface area contributed by atoms with E-state index in [0.717, 1.165) is 11.4 Å². The van der Waals surface area contributed by atoms with Crippen molar-refractivity contribution in [2.45, 2.75) is 19.9 Å². The molecule has 24 heavy (non-hydrogen) atoms. The number of hydrogen-bond donors (Lipinski definition) is 1. The summed E-state index contributed by atoms with van der Waals surface area (Å²) < 4.78 is 3.31. The molecule has 0 bridgehead atoms. The Kier molecular flexibility index (Phi) is 4.38. The summed E-state index contributed by atoms with van der Waals surface area (Å²) in [6.45, 7) is 2.41. The highest BCUT2D eigenvalue weighted by molar-refractivity contribution is 5.91. The maximum Gasteiger partial charge on any atom is 0.227 e. The molecule has 1 N–H and O–H groups in total. The van der Waals surface area contributed by atoms with Crippen LogP contribution in [0.3, 0.4) is 0 Å². The molecule has 0 aliphatic carbocycles. The molecule has 7 nitrogen and oxygen atoms in total. The summed E-state index contributed by atoms with van der Waals surface area (Å²) in [5.74, 6) is 0.185. The van der Waals surface area contributed by atoms with Crippen LogP contribution in [0.5, 0.6) is 0 Å². The van der Waals surface area contributed by atoms with Crippen molar-refractivity contribution in [3.05, 3.63) is 60.0 Å². The number of aromatic nitrogens is 4. The Morgan fingerprint density at radius 3 is 2.71 bits per heavy atom. The third-order valence-electron chi connectivity index (χ3n) is 3.63. The van der Waals surface area contributed by atoms with Crippen LogP contribution in [0.1, 0.15) is 17.7 Å². The van der Waals surface area contributed by atoms with E-state index in [-0.39, 0.29) is 12.3 Å². The van der Waals surface area contributed by atoms with Crippen molar-refractivity contribution in [3.8, 4) is 11.8 Å². The first-order valence-electron chi connectivity index (χ1n) is 7.51. The van der Waals surface area contributed by atoms with Crippen LogP contribution in [0, 0.1) is 18.3 Å². The van der Waals surface area contributed by atoms with Gasteiger partial charge in [0.1, 0.15) is 11.6 Å². The molecule has 0 spiro atoms. The van der Waals surface area contributed by atoms with Crippen molar-refractivity contribution in [2.24, 2.45) is 0 Å². The van der Waals surface area contributed by atoms with E-state index in [2.05, 4.69) is 21.6 Å². The van der Waals surface area contributed by atoms with E-state index in [9.17, 15) is 10.1 Å². The van der Waals surface area contributed by atoms with E-state index in [0.29, 0.717) is 17.9 Å². The van der Waals surface area contributed by atoms with Gasteiger partial charge in [0.25, 0.3) is 0 Å². The minimum atomic E-state index is -0.195.